The molecule has 0 saturated heterocycles. The Labute approximate surface area is 54.6 Å². The lowest BCUT2D eigenvalue weighted by Gasteiger charge is -1.89. The molecule has 0 N–H and O–H groups in total. The lowest BCUT2D eigenvalue weighted by atomic mass is 10.4. The molecule has 9 heavy (non-hydrogen) atoms. The Morgan fingerprint density at radius 3 is 3.00 bits per heavy atom. The lowest BCUT2D eigenvalue weighted by Crippen LogP contribution is -1.73. The molecule has 0 aromatic carbocycles. The molecule has 1 nitrogen and oxygen atoms in total. The van der Waals surface area contributed by atoms with Crippen LogP contribution in [-0.2, 0) is 4.74 Å². The minimum absolute atomic E-state index is 0.796. The minimum Gasteiger partial charge on any atom is -0.493 e. The van der Waals surface area contributed by atoms with E-state index >= 15 is 0 Å². The summed E-state index contributed by atoms with van der Waals surface area (Å²) in [5.74, 6) is 0.796. The normalized spacial score (nSPS) is 11.6. The maximum atomic E-state index is 4.85. The van der Waals surface area contributed by atoms with Gasteiger partial charge in [-0.1, -0.05) is 5.73 Å². The molecule has 0 radical (unpaired) electrons. The van der Waals surface area contributed by atoms with Gasteiger partial charge in [-0.15, -0.1) is 5.73 Å². The number of methoxy groups -OCH3 is 1. The summed E-state index contributed by atoms with van der Waals surface area (Å²) in [5, 5.41) is 0. The van der Waals surface area contributed by atoms with Crippen LogP contribution in [0.4, 0.5) is 0 Å². The predicted molar refractivity (Wildman–Crippen MR) is 35.9 cm³/mol. The zero-order valence-corrected chi connectivity index (χ0v) is 5.56. The molecule has 0 unspecified atom stereocenters. The first-order chi connectivity index (χ1) is 4.33. The Kier molecular flexibility index (Phi) is 1.60. The van der Waals surface area contributed by atoms with E-state index in [1.807, 2.05) is 19.1 Å². The standard InChI is InChI=1S/C8H8O/c1-7(9-2)3-4-8-5-6-8/h4-5H,1-2H3. The zero-order chi connectivity index (χ0) is 6.69. The third kappa shape index (κ3) is 2.05. The third-order valence-electron chi connectivity index (χ3n) is 1.05. The van der Waals surface area contributed by atoms with E-state index in [1.54, 1.807) is 7.11 Å². The van der Waals surface area contributed by atoms with Crippen LogP contribution in [0.2, 0.25) is 0 Å². The lowest BCUT2D eigenvalue weighted by molar-refractivity contribution is 0.294. The molecule has 0 heterocycles. The Hall–Kier alpha value is -1.16. The summed E-state index contributed by atoms with van der Waals surface area (Å²) in [5.41, 5.74) is 6.95. The van der Waals surface area contributed by atoms with Gasteiger partial charge in [-0.25, -0.2) is 0 Å². The molecule has 46 valence electrons. The van der Waals surface area contributed by atoms with E-state index in [-0.39, 0.29) is 0 Å². The van der Waals surface area contributed by atoms with Gasteiger partial charge < -0.3 is 4.74 Å². The van der Waals surface area contributed by atoms with Crippen molar-refractivity contribution in [2.45, 2.75) is 6.92 Å². The van der Waals surface area contributed by atoms with E-state index in [2.05, 4.69) is 11.5 Å². The Balaban J connectivity index is 2.53. The molecule has 0 aromatic heterocycles. The van der Waals surface area contributed by atoms with Gasteiger partial charge in [-0.05, 0) is 12.2 Å². The fourth-order valence-electron chi connectivity index (χ4n) is 0.363. The van der Waals surface area contributed by atoms with Gasteiger partial charge in [0.05, 0.1) is 7.11 Å². The summed E-state index contributed by atoms with van der Waals surface area (Å²) in [4.78, 5) is 0. The molecule has 0 saturated carbocycles. The number of ether oxygens (including phenoxy) is 1. The number of rotatable bonds is 2. The van der Waals surface area contributed by atoms with Crippen molar-refractivity contribution in [3.8, 4) is 0 Å². The molecule has 1 rings (SSSR count). The van der Waals surface area contributed by atoms with Crippen LogP contribution in [-0.4, -0.2) is 7.11 Å². The van der Waals surface area contributed by atoms with Crippen LogP contribution < -0.4 is 0 Å². The monoisotopic (exact) mass is 120 g/mol. The molecule has 1 aliphatic carbocycles. The molecule has 0 spiro atoms. The van der Waals surface area contributed by atoms with Gasteiger partial charge in [0, 0.05) is 12.5 Å². The van der Waals surface area contributed by atoms with Crippen molar-refractivity contribution < 1.29 is 4.74 Å². The smallest absolute Gasteiger partial charge is 0.135 e. The highest BCUT2D eigenvalue weighted by atomic mass is 16.5. The maximum Gasteiger partial charge on any atom is 0.135 e. The van der Waals surface area contributed by atoms with E-state index in [1.165, 1.54) is 0 Å². The Morgan fingerprint density at radius 1 is 1.89 bits per heavy atom. The summed E-state index contributed by atoms with van der Waals surface area (Å²) in [6.07, 6.45) is 3.74. The first kappa shape index (κ1) is 5.97. The molecule has 1 aliphatic rings. The third-order valence-corrected chi connectivity index (χ3v) is 1.05. The topological polar surface area (TPSA) is 9.23 Å². The van der Waals surface area contributed by atoms with Gasteiger partial charge in [0.2, 0.25) is 0 Å². The van der Waals surface area contributed by atoms with Gasteiger partial charge >= 0.3 is 0 Å². The van der Waals surface area contributed by atoms with Crippen LogP contribution in [0.25, 0.3) is 0 Å². The second-order valence-corrected chi connectivity index (χ2v) is 1.79. The van der Waals surface area contributed by atoms with Gasteiger partial charge in [-0.3, -0.25) is 0 Å². The SMILES string of the molecule is COC(C)=C=CC1=C=C1. The highest BCUT2D eigenvalue weighted by molar-refractivity contribution is 5.41. The van der Waals surface area contributed by atoms with Crippen molar-refractivity contribution in [3.05, 3.63) is 34.9 Å². The molecule has 0 amide bonds. The quantitative estimate of drug-likeness (QED) is 0.398. The van der Waals surface area contributed by atoms with E-state index in [9.17, 15) is 0 Å². The second-order valence-electron chi connectivity index (χ2n) is 1.79. The fourth-order valence-corrected chi connectivity index (χ4v) is 0.363. The number of hydrogen-bond acceptors (Lipinski definition) is 1. The average Bonchev–Trinajstić information content (AvgIpc) is 2.65. The molecule has 1 heteroatoms. The highest BCUT2D eigenvalue weighted by Crippen LogP contribution is 2.06. The molecule has 0 bridgehead atoms. The van der Waals surface area contributed by atoms with Crippen molar-refractivity contribution in [3.63, 3.8) is 0 Å². The predicted octanol–water partition coefficient (Wildman–Crippen LogP) is 1.79. The molecular formula is C8H8O. The van der Waals surface area contributed by atoms with Crippen LogP contribution >= 0.6 is 0 Å². The van der Waals surface area contributed by atoms with E-state index < -0.39 is 0 Å². The minimum atomic E-state index is 0.796. The Morgan fingerprint density at radius 2 is 2.56 bits per heavy atom. The number of hydrogen-bond donors (Lipinski definition) is 0. The van der Waals surface area contributed by atoms with Crippen LogP contribution in [0.5, 0.6) is 0 Å². The van der Waals surface area contributed by atoms with Gasteiger partial charge in [0.1, 0.15) is 5.76 Å². The van der Waals surface area contributed by atoms with Crippen LogP contribution in [0, 0.1) is 0 Å². The van der Waals surface area contributed by atoms with Crippen LogP contribution in [0.15, 0.2) is 34.9 Å². The Bertz CT molecular complexity index is 233. The van der Waals surface area contributed by atoms with Crippen LogP contribution in [0.1, 0.15) is 6.92 Å². The van der Waals surface area contributed by atoms with Crippen molar-refractivity contribution in [2.75, 3.05) is 7.11 Å². The molecule has 0 fully saturated rings. The van der Waals surface area contributed by atoms with Gasteiger partial charge in [-0.2, -0.15) is 0 Å². The molecular weight excluding hydrogens is 112 g/mol. The van der Waals surface area contributed by atoms with Gasteiger partial charge in [0.25, 0.3) is 0 Å². The number of allylic oxidation sites excluding steroid dienone is 2. The van der Waals surface area contributed by atoms with Crippen LogP contribution in [0.3, 0.4) is 0 Å². The zero-order valence-electron chi connectivity index (χ0n) is 5.56. The fraction of sp³-hybridized carbons (Fsp3) is 0.250. The van der Waals surface area contributed by atoms with Crippen molar-refractivity contribution in [2.24, 2.45) is 0 Å². The molecule has 0 atom stereocenters. The largest absolute Gasteiger partial charge is 0.493 e. The van der Waals surface area contributed by atoms with E-state index in [4.69, 9.17) is 4.74 Å². The second kappa shape index (κ2) is 2.41. The summed E-state index contributed by atoms with van der Waals surface area (Å²) >= 11 is 0. The van der Waals surface area contributed by atoms with Crippen molar-refractivity contribution in [1.82, 2.24) is 0 Å². The molecule has 0 aromatic rings. The summed E-state index contributed by atoms with van der Waals surface area (Å²) in [6.45, 7) is 1.86. The first-order valence-electron chi connectivity index (χ1n) is 2.77. The summed E-state index contributed by atoms with van der Waals surface area (Å²) < 4.78 is 4.85. The van der Waals surface area contributed by atoms with Gasteiger partial charge in [0.15, 0.2) is 0 Å². The van der Waals surface area contributed by atoms with Crippen molar-refractivity contribution >= 4 is 0 Å². The molecule has 0 aliphatic heterocycles. The van der Waals surface area contributed by atoms with Crippen molar-refractivity contribution in [1.29, 1.82) is 0 Å². The maximum absolute atomic E-state index is 4.85. The summed E-state index contributed by atoms with van der Waals surface area (Å²) in [6, 6.07) is 0. The first-order valence-corrected chi connectivity index (χ1v) is 2.77. The highest BCUT2D eigenvalue weighted by Gasteiger charge is 1.90. The van der Waals surface area contributed by atoms with E-state index in [0.717, 1.165) is 11.3 Å². The summed E-state index contributed by atoms with van der Waals surface area (Å²) in [7, 11) is 1.63. The average molecular weight is 120 g/mol. The van der Waals surface area contributed by atoms with E-state index in [0.29, 0.717) is 0 Å².